The zero-order valence-electron chi connectivity index (χ0n) is 12.2. The number of anilines is 3. The molecule has 0 unspecified atom stereocenters. The molecule has 0 aliphatic carbocycles. The van der Waals surface area contributed by atoms with E-state index in [1.807, 2.05) is 0 Å². The smallest absolute Gasteiger partial charge is 0.299 e. The van der Waals surface area contributed by atoms with Crippen molar-refractivity contribution >= 4 is 23.1 Å². The van der Waals surface area contributed by atoms with E-state index in [4.69, 9.17) is 10.2 Å². The van der Waals surface area contributed by atoms with Crippen molar-refractivity contribution in [3.8, 4) is 11.3 Å². The van der Waals surface area contributed by atoms with Gasteiger partial charge in [0.05, 0.1) is 16.8 Å². The summed E-state index contributed by atoms with van der Waals surface area (Å²) < 4.78 is 5.61. The molecule has 116 valence electrons. The number of nitrogen functional groups attached to an aromatic ring is 1. The molecule has 0 saturated carbocycles. The molecule has 0 aliphatic heterocycles. The van der Waals surface area contributed by atoms with Crippen LogP contribution in [0.1, 0.15) is 5.56 Å². The molecule has 1 aromatic carbocycles. The summed E-state index contributed by atoms with van der Waals surface area (Å²) in [7, 11) is 0. The van der Waals surface area contributed by atoms with Crippen LogP contribution in [-0.2, 0) is 0 Å². The topological polar surface area (TPSA) is 120 Å². The molecule has 0 fully saturated rings. The van der Waals surface area contributed by atoms with Gasteiger partial charge < -0.3 is 15.5 Å². The number of pyridine rings is 1. The number of nitrogens with zero attached hydrogens (tertiary/aromatic N) is 3. The number of nitrogens with one attached hydrogen (secondary N) is 1. The van der Waals surface area contributed by atoms with Gasteiger partial charge in [-0.15, -0.1) is 0 Å². The van der Waals surface area contributed by atoms with Crippen LogP contribution in [-0.4, -0.2) is 14.9 Å². The molecule has 0 amide bonds. The Labute approximate surface area is 131 Å². The fourth-order valence-corrected chi connectivity index (χ4v) is 2.11. The third-order valence-electron chi connectivity index (χ3n) is 3.28. The van der Waals surface area contributed by atoms with E-state index in [1.165, 1.54) is 12.1 Å². The van der Waals surface area contributed by atoms with Crippen molar-refractivity contribution in [3.63, 3.8) is 0 Å². The van der Waals surface area contributed by atoms with E-state index < -0.39 is 4.92 Å². The summed E-state index contributed by atoms with van der Waals surface area (Å²) in [6.07, 6.45) is 4.87. The van der Waals surface area contributed by atoms with Crippen molar-refractivity contribution in [1.29, 1.82) is 0 Å². The second-order valence-corrected chi connectivity index (χ2v) is 4.87. The number of aromatic nitrogens is 2. The van der Waals surface area contributed by atoms with Crippen LogP contribution < -0.4 is 11.1 Å². The van der Waals surface area contributed by atoms with Crippen molar-refractivity contribution in [2.45, 2.75) is 6.92 Å². The Kier molecular flexibility index (Phi) is 3.63. The third kappa shape index (κ3) is 2.95. The largest absolute Gasteiger partial charge is 0.423 e. The summed E-state index contributed by atoms with van der Waals surface area (Å²) in [6, 6.07) is 6.72. The molecule has 3 rings (SSSR count). The second-order valence-electron chi connectivity index (χ2n) is 4.87. The Bertz CT molecular complexity index is 861. The first kappa shape index (κ1) is 14.5. The van der Waals surface area contributed by atoms with E-state index in [1.54, 1.807) is 37.6 Å². The number of nitrogens with two attached hydrogens (primary N) is 1. The van der Waals surface area contributed by atoms with Crippen molar-refractivity contribution in [2.24, 2.45) is 0 Å². The van der Waals surface area contributed by atoms with Crippen LogP contribution in [0.4, 0.5) is 23.1 Å². The SMILES string of the molecule is Cc1cc(N)c([N+](=O)[O-])cc1Nc1ncc(-c2ccncc2)o1. The molecule has 0 atom stereocenters. The first-order valence-corrected chi connectivity index (χ1v) is 6.72. The first-order valence-electron chi connectivity index (χ1n) is 6.72. The average molecular weight is 311 g/mol. The maximum absolute atomic E-state index is 11.0. The fraction of sp³-hybridized carbons (Fsp3) is 0.0667. The highest BCUT2D eigenvalue weighted by Gasteiger charge is 2.16. The molecule has 0 bridgehead atoms. The van der Waals surface area contributed by atoms with Crippen LogP contribution in [0.3, 0.4) is 0 Å². The summed E-state index contributed by atoms with van der Waals surface area (Å²) in [5.41, 5.74) is 7.69. The predicted octanol–water partition coefficient (Wildman–Crippen LogP) is 3.28. The lowest BCUT2D eigenvalue weighted by Gasteiger charge is -2.07. The van der Waals surface area contributed by atoms with Crippen LogP contribution in [0, 0.1) is 17.0 Å². The van der Waals surface area contributed by atoms with Gasteiger partial charge >= 0.3 is 0 Å². The highest BCUT2D eigenvalue weighted by molar-refractivity contribution is 5.71. The molecule has 0 spiro atoms. The van der Waals surface area contributed by atoms with Gasteiger partial charge in [0.25, 0.3) is 11.7 Å². The van der Waals surface area contributed by atoms with Crippen molar-refractivity contribution < 1.29 is 9.34 Å². The highest BCUT2D eigenvalue weighted by atomic mass is 16.6. The lowest BCUT2D eigenvalue weighted by molar-refractivity contribution is -0.383. The number of nitro benzene ring substituents is 1. The maximum Gasteiger partial charge on any atom is 0.299 e. The van der Waals surface area contributed by atoms with Crippen molar-refractivity contribution in [1.82, 2.24) is 9.97 Å². The van der Waals surface area contributed by atoms with Crippen LogP contribution in [0.5, 0.6) is 0 Å². The number of benzene rings is 1. The van der Waals surface area contributed by atoms with Crippen LogP contribution >= 0.6 is 0 Å². The maximum atomic E-state index is 11.0. The van der Waals surface area contributed by atoms with Gasteiger partial charge in [0.2, 0.25) is 0 Å². The Morgan fingerprint density at radius 1 is 1.30 bits per heavy atom. The Hall–Kier alpha value is -3.42. The average Bonchev–Trinajstić information content (AvgIpc) is 2.99. The molecule has 3 aromatic rings. The molecule has 0 radical (unpaired) electrons. The monoisotopic (exact) mass is 311 g/mol. The molecular formula is C15H13N5O3. The number of hydrogen-bond acceptors (Lipinski definition) is 7. The molecule has 0 aliphatic rings. The number of aryl methyl sites for hydroxylation is 1. The van der Waals surface area contributed by atoms with Crippen LogP contribution in [0.25, 0.3) is 11.3 Å². The Morgan fingerprint density at radius 2 is 2.04 bits per heavy atom. The molecule has 3 N–H and O–H groups in total. The summed E-state index contributed by atoms with van der Waals surface area (Å²) >= 11 is 0. The molecular weight excluding hydrogens is 298 g/mol. The van der Waals surface area contributed by atoms with Crippen LogP contribution in [0.15, 0.2) is 47.3 Å². The molecule has 2 heterocycles. The first-order chi connectivity index (χ1) is 11.0. The summed E-state index contributed by atoms with van der Waals surface area (Å²) in [6.45, 7) is 1.79. The van der Waals surface area contributed by atoms with E-state index in [9.17, 15) is 10.1 Å². The third-order valence-corrected chi connectivity index (χ3v) is 3.28. The van der Waals surface area contributed by atoms with Gasteiger partial charge in [-0.05, 0) is 30.7 Å². The molecule has 8 nitrogen and oxygen atoms in total. The minimum absolute atomic E-state index is 0.114. The minimum atomic E-state index is -0.530. The standard InChI is InChI=1S/C15H13N5O3/c1-9-6-11(16)13(20(21)22)7-12(9)19-15-18-8-14(23-15)10-2-4-17-5-3-10/h2-8H,16H2,1H3,(H,18,19). The molecule has 0 saturated heterocycles. The summed E-state index contributed by atoms with van der Waals surface area (Å²) in [5.74, 6) is 0.567. The quantitative estimate of drug-likeness (QED) is 0.431. The van der Waals surface area contributed by atoms with E-state index in [0.717, 1.165) is 11.1 Å². The normalized spacial score (nSPS) is 10.5. The van der Waals surface area contributed by atoms with Gasteiger partial charge in [0.15, 0.2) is 5.76 Å². The van der Waals surface area contributed by atoms with E-state index in [0.29, 0.717) is 11.4 Å². The lowest BCUT2D eigenvalue weighted by atomic mass is 10.1. The highest BCUT2D eigenvalue weighted by Crippen LogP contribution is 2.31. The zero-order chi connectivity index (χ0) is 16.4. The molecule has 23 heavy (non-hydrogen) atoms. The van der Waals surface area contributed by atoms with Gasteiger partial charge in [-0.1, -0.05) is 0 Å². The minimum Gasteiger partial charge on any atom is -0.423 e. The predicted molar refractivity (Wildman–Crippen MR) is 85.3 cm³/mol. The van der Waals surface area contributed by atoms with E-state index in [2.05, 4.69) is 15.3 Å². The van der Waals surface area contributed by atoms with Gasteiger partial charge in [-0.3, -0.25) is 15.1 Å². The zero-order valence-corrected chi connectivity index (χ0v) is 12.2. The molecule has 2 aromatic heterocycles. The molecule has 8 heteroatoms. The fourth-order valence-electron chi connectivity index (χ4n) is 2.11. The summed E-state index contributed by atoms with van der Waals surface area (Å²) in [4.78, 5) is 18.5. The van der Waals surface area contributed by atoms with Gasteiger partial charge in [0, 0.05) is 24.0 Å². The Morgan fingerprint density at radius 3 is 2.74 bits per heavy atom. The number of rotatable bonds is 4. The Balaban J connectivity index is 1.90. The van der Waals surface area contributed by atoms with Gasteiger partial charge in [-0.25, -0.2) is 4.98 Å². The van der Waals surface area contributed by atoms with Gasteiger partial charge in [0.1, 0.15) is 5.69 Å². The second kappa shape index (κ2) is 5.76. The lowest BCUT2D eigenvalue weighted by Crippen LogP contribution is -2.00. The van der Waals surface area contributed by atoms with Crippen LogP contribution in [0.2, 0.25) is 0 Å². The van der Waals surface area contributed by atoms with Crippen molar-refractivity contribution in [3.05, 3.63) is 58.5 Å². The van der Waals surface area contributed by atoms with E-state index in [-0.39, 0.29) is 17.4 Å². The number of nitro groups is 1. The van der Waals surface area contributed by atoms with Crippen molar-refractivity contribution in [2.75, 3.05) is 11.1 Å². The summed E-state index contributed by atoms with van der Waals surface area (Å²) in [5, 5.41) is 13.9. The van der Waals surface area contributed by atoms with E-state index >= 15 is 0 Å². The number of oxazole rings is 1. The number of hydrogen-bond donors (Lipinski definition) is 2. The van der Waals surface area contributed by atoms with Gasteiger partial charge in [-0.2, -0.15) is 0 Å².